The zero-order chi connectivity index (χ0) is 15.0. The van der Waals surface area contributed by atoms with Gasteiger partial charge in [0.1, 0.15) is 0 Å². The fraction of sp³-hybridized carbons (Fsp3) is 0.462. The molecular weight excluding hydrogens is 296 g/mol. The lowest BCUT2D eigenvalue weighted by molar-refractivity contribution is 0.0730. The molecule has 21 heavy (non-hydrogen) atoms. The Morgan fingerprint density at radius 2 is 1.95 bits per heavy atom. The Bertz CT molecular complexity index is 815. The van der Waals surface area contributed by atoms with Crippen LogP contribution < -0.4 is 5.76 Å². The molecule has 0 N–H and O–H groups in total. The molecule has 0 spiro atoms. The van der Waals surface area contributed by atoms with Crippen LogP contribution in [0, 0.1) is 0 Å². The third-order valence-corrected chi connectivity index (χ3v) is 5.46. The molecule has 1 fully saturated rings. The number of sulfonamides is 1. The average Bonchev–Trinajstić information content (AvgIpc) is 2.82. The third kappa shape index (κ3) is 2.39. The number of fused-ring (bicyclic) bond motifs is 1. The predicted octanol–water partition coefficient (Wildman–Crippen LogP) is 0.635. The van der Waals surface area contributed by atoms with E-state index < -0.39 is 15.8 Å². The normalized spacial score (nSPS) is 17.4. The molecule has 0 radical (unpaired) electrons. The van der Waals surface area contributed by atoms with Gasteiger partial charge < -0.3 is 9.15 Å². The van der Waals surface area contributed by atoms with Crippen molar-refractivity contribution in [1.82, 2.24) is 8.87 Å². The van der Waals surface area contributed by atoms with Crippen molar-refractivity contribution < 1.29 is 17.6 Å². The predicted molar refractivity (Wildman–Crippen MR) is 75.7 cm³/mol. The smallest absolute Gasteiger partial charge is 0.408 e. The number of nitrogens with zero attached hydrogens (tertiary/aromatic N) is 2. The number of oxazole rings is 1. The Kier molecular flexibility index (Phi) is 3.60. The summed E-state index contributed by atoms with van der Waals surface area (Å²) in [6.07, 6.45) is 0. The van der Waals surface area contributed by atoms with Gasteiger partial charge in [-0.1, -0.05) is 0 Å². The number of aryl methyl sites for hydroxylation is 1. The number of hydrogen-bond donors (Lipinski definition) is 0. The van der Waals surface area contributed by atoms with E-state index in [0.717, 1.165) is 0 Å². The molecule has 114 valence electrons. The summed E-state index contributed by atoms with van der Waals surface area (Å²) < 4.78 is 38.2. The van der Waals surface area contributed by atoms with Gasteiger partial charge in [0.15, 0.2) is 5.58 Å². The number of morpholine rings is 1. The lowest BCUT2D eigenvalue weighted by atomic mass is 10.3. The van der Waals surface area contributed by atoms with Crippen LogP contribution in [0.1, 0.15) is 6.92 Å². The van der Waals surface area contributed by atoms with Crippen LogP contribution in [-0.2, 0) is 21.3 Å². The first kappa shape index (κ1) is 14.3. The Morgan fingerprint density at radius 3 is 2.62 bits per heavy atom. The summed E-state index contributed by atoms with van der Waals surface area (Å²) >= 11 is 0. The van der Waals surface area contributed by atoms with E-state index in [1.54, 1.807) is 6.07 Å². The van der Waals surface area contributed by atoms with Gasteiger partial charge in [0.25, 0.3) is 0 Å². The maximum absolute atomic E-state index is 12.5. The maximum atomic E-state index is 12.5. The van der Waals surface area contributed by atoms with Crippen molar-refractivity contribution in [2.24, 2.45) is 0 Å². The third-order valence-electron chi connectivity index (χ3n) is 3.56. The summed E-state index contributed by atoms with van der Waals surface area (Å²) in [5.41, 5.74) is 0.889. The van der Waals surface area contributed by atoms with E-state index >= 15 is 0 Å². The number of hydrogen-bond acceptors (Lipinski definition) is 5. The van der Waals surface area contributed by atoms with Gasteiger partial charge in [-0.3, -0.25) is 4.57 Å². The molecule has 2 heterocycles. The molecule has 0 saturated carbocycles. The molecule has 3 rings (SSSR count). The highest BCUT2D eigenvalue weighted by molar-refractivity contribution is 7.89. The summed E-state index contributed by atoms with van der Waals surface area (Å²) in [4.78, 5) is 11.8. The zero-order valence-electron chi connectivity index (χ0n) is 11.6. The van der Waals surface area contributed by atoms with E-state index in [1.807, 2.05) is 6.92 Å². The Labute approximate surface area is 121 Å². The highest BCUT2D eigenvalue weighted by atomic mass is 32.2. The van der Waals surface area contributed by atoms with Crippen LogP contribution in [0.4, 0.5) is 0 Å². The van der Waals surface area contributed by atoms with E-state index in [-0.39, 0.29) is 10.5 Å². The van der Waals surface area contributed by atoms with E-state index in [0.29, 0.717) is 38.4 Å². The first-order valence-corrected chi connectivity index (χ1v) is 8.19. The molecule has 1 aliphatic rings. The molecule has 8 heteroatoms. The van der Waals surface area contributed by atoms with Crippen LogP contribution in [-0.4, -0.2) is 43.6 Å². The van der Waals surface area contributed by atoms with Crippen molar-refractivity contribution in [3.8, 4) is 0 Å². The summed E-state index contributed by atoms with van der Waals surface area (Å²) in [7, 11) is -3.58. The second kappa shape index (κ2) is 5.28. The molecule has 1 aliphatic heterocycles. The van der Waals surface area contributed by atoms with Gasteiger partial charge >= 0.3 is 5.76 Å². The van der Waals surface area contributed by atoms with Gasteiger partial charge in [-0.15, -0.1) is 0 Å². The van der Waals surface area contributed by atoms with Crippen LogP contribution in [0.15, 0.2) is 32.3 Å². The molecule has 0 bridgehead atoms. The summed E-state index contributed by atoms with van der Waals surface area (Å²) in [5.74, 6) is -0.478. The largest absolute Gasteiger partial charge is 0.419 e. The quantitative estimate of drug-likeness (QED) is 0.830. The number of ether oxygens (including phenoxy) is 1. The minimum atomic E-state index is -3.58. The Balaban J connectivity index is 2.06. The van der Waals surface area contributed by atoms with Crippen LogP contribution in [0.3, 0.4) is 0 Å². The van der Waals surface area contributed by atoms with Crippen LogP contribution in [0.25, 0.3) is 11.1 Å². The van der Waals surface area contributed by atoms with Crippen LogP contribution in [0.2, 0.25) is 0 Å². The van der Waals surface area contributed by atoms with E-state index in [9.17, 15) is 13.2 Å². The molecular formula is C13H16N2O5S. The van der Waals surface area contributed by atoms with Crippen LogP contribution in [0.5, 0.6) is 0 Å². The zero-order valence-corrected chi connectivity index (χ0v) is 12.4. The molecule has 0 atom stereocenters. The molecule has 0 amide bonds. The highest BCUT2D eigenvalue weighted by Crippen LogP contribution is 2.22. The van der Waals surface area contributed by atoms with E-state index in [2.05, 4.69) is 0 Å². The van der Waals surface area contributed by atoms with Gasteiger partial charge in [0, 0.05) is 25.7 Å². The van der Waals surface area contributed by atoms with Gasteiger partial charge in [0.2, 0.25) is 10.0 Å². The van der Waals surface area contributed by atoms with Gasteiger partial charge in [-0.25, -0.2) is 13.2 Å². The van der Waals surface area contributed by atoms with Gasteiger partial charge in [-0.05, 0) is 19.1 Å². The number of rotatable bonds is 3. The second-order valence-corrected chi connectivity index (χ2v) is 6.70. The topological polar surface area (TPSA) is 81.8 Å². The lowest BCUT2D eigenvalue weighted by Crippen LogP contribution is -2.40. The lowest BCUT2D eigenvalue weighted by Gasteiger charge is -2.25. The maximum Gasteiger partial charge on any atom is 0.419 e. The molecule has 0 unspecified atom stereocenters. The van der Waals surface area contributed by atoms with Crippen molar-refractivity contribution in [1.29, 1.82) is 0 Å². The standard InChI is InChI=1S/C13H16N2O5S/c1-2-15-11-4-3-10(9-12(11)20-13(15)16)21(17,18)14-5-7-19-8-6-14/h3-4,9H,2,5-8H2,1H3. The van der Waals surface area contributed by atoms with Gasteiger partial charge in [0.05, 0.1) is 23.6 Å². The van der Waals surface area contributed by atoms with Crippen molar-refractivity contribution in [3.63, 3.8) is 0 Å². The first-order valence-electron chi connectivity index (χ1n) is 6.75. The minimum absolute atomic E-state index is 0.133. The Hall–Kier alpha value is -1.64. The second-order valence-electron chi connectivity index (χ2n) is 4.76. The fourth-order valence-corrected chi connectivity index (χ4v) is 3.87. The molecule has 0 aliphatic carbocycles. The fourth-order valence-electron chi connectivity index (χ4n) is 2.44. The molecule has 1 aromatic heterocycles. The van der Waals surface area contributed by atoms with Crippen molar-refractivity contribution in [2.45, 2.75) is 18.4 Å². The highest BCUT2D eigenvalue weighted by Gasteiger charge is 2.27. The SMILES string of the molecule is CCn1c(=O)oc2cc(S(=O)(=O)N3CCOCC3)ccc21. The van der Waals surface area contributed by atoms with E-state index in [4.69, 9.17) is 9.15 Å². The van der Waals surface area contributed by atoms with Crippen molar-refractivity contribution >= 4 is 21.1 Å². The Morgan fingerprint density at radius 1 is 1.24 bits per heavy atom. The van der Waals surface area contributed by atoms with Crippen molar-refractivity contribution in [2.75, 3.05) is 26.3 Å². The number of benzene rings is 1. The van der Waals surface area contributed by atoms with Gasteiger partial charge in [-0.2, -0.15) is 4.31 Å². The average molecular weight is 312 g/mol. The summed E-state index contributed by atoms with van der Waals surface area (Å²) in [6, 6.07) is 4.53. The van der Waals surface area contributed by atoms with Crippen LogP contribution >= 0.6 is 0 Å². The minimum Gasteiger partial charge on any atom is -0.408 e. The molecule has 7 nitrogen and oxygen atoms in total. The first-order chi connectivity index (χ1) is 10.0. The van der Waals surface area contributed by atoms with Crippen molar-refractivity contribution in [3.05, 3.63) is 28.7 Å². The molecule has 1 aromatic carbocycles. The van der Waals surface area contributed by atoms with E-state index in [1.165, 1.54) is 21.0 Å². The summed E-state index contributed by atoms with van der Waals surface area (Å²) in [5, 5.41) is 0. The summed E-state index contributed by atoms with van der Waals surface area (Å²) in [6.45, 7) is 3.75. The monoisotopic (exact) mass is 312 g/mol. The molecule has 2 aromatic rings. The molecule has 1 saturated heterocycles. The number of aromatic nitrogens is 1.